The second-order valence-corrected chi connectivity index (χ2v) is 0. The summed E-state index contributed by atoms with van der Waals surface area (Å²) in [7, 11) is 0. The van der Waals surface area contributed by atoms with Crippen LogP contribution in [0.25, 0.3) is 0 Å². The summed E-state index contributed by atoms with van der Waals surface area (Å²) in [6, 6.07) is 0. The summed E-state index contributed by atoms with van der Waals surface area (Å²) < 4.78 is 0. The average Bonchev–Trinajstić information content (AvgIpc) is 0. The molecule has 0 heterocycles. The molecule has 0 radical (unpaired) electrons. The normalized spacial score (nSPS) is 0. The molecule has 0 atom stereocenters. The van der Waals surface area contributed by atoms with Crippen molar-refractivity contribution in [2.24, 2.45) is 0 Å². The van der Waals surface area contributed by atoms with Crippen molar-refractivity contribution in [1.82, 2.24) is 0 Å². The SMILES string of the molecule is O.O.O.O.O.O.O.S.[NaH]. The van der Waals surface area contributed by atoms with Gasteiger partial charge in [-0.05, 0) is 0 Å². The van der Waals surface area contributed by atoms with E-state index in [1.54, 1.807) is 0 Å². The van der Waals surface area contributed by atoms with Gasteiger partial charge in [0.25, 0.3) is 0 Å². The topological polar surface area (TPSA) is 220 Å². The molecule has 0 aliphatic rings. The number of hydrogen-bond acceptors (Lipinski definition) is 0. The average molecular weight is 184 g/mol. The van der Waals surface area contributed by atoms with Crippen molar-refractivity contribution in [2.45, 2.75) is 0 Å². The molecular weight excluding hydrogens is 167 g/mol. The molecule has 0 unspecified atom stereocenters. The van der Waals surface area contributed by atoms with E-state index < -0.39 is 0 Å². The molecule has 0 amide bonds. The third-order valence-electron chi connectivity index (χ3n) is 0. The Labute approximate surface area is 81.3 Å². The minimum absolute atomic E-state index is 0. The molecule has 9 heavy (non-hydrogen) atoms. The van der Waals surface area contributed by atoms with Crippen molar-refractivity contribution in [1.29, 1.82) is 0 Å². The van der Waals surface area contributed by atoms with Gasteiger partial charge in [-0.1, -0.05) is 0 Å². The van der Waals surface area contributed by atoms with E-state index in [1.165, 1.54) is 0 Å². The van der Waals surface area contributed by atoms with Crippen molar-refractivity contribution in [3.8, 4) is 0 Å². The van der Waals surface area contributed by atoms with Gasteiger partial charge in [0.15, 0.2) is 0 Å². The summed E-state index contributed by atoms with van der Waals surface area (Å²) in [5, 5.41) is 0. The van der Waals surface area contributed by atoms with Crippen molar-refractivity contribution in [3.63, 3.8) is 0 Å². The summed E-state index contributed by atoms with van der Waals surface area (Å²) >= 11 is 0. The fourth-order valence-corrected chi connectivity index (χ4v) is 0. The van der Waals surface area contributed by atoms with E-state index in [4.69, 9.17) is 0 Å². The summed E-state index contributed by atoms with van der Waals surface area (Å²) in [6.07, 6.45) is 0. The van der Waals surface area contributed by atoms with Crippen molar-refractivity contribution >= 4 is 43.1 Å². The van der Waals surface area contributed by atoms with Crippen LogP contribution in [0.1, 0.15) is 0 Å². The van der Waals surface area contributed by atoms with Crippen molar-refractivity contribution < 1.29 is 38.3 Å². The molecule has 0 aromatic rings. The molecule has 0 aliphatic carbocycles. The molecule has 0 aromatic heterocycles. The van der Waals surface area contributed by atoms with E-state index in [2.05, 4.69) is 0 Å². The Morgan fingerprint density at radius 3 is 0.333 bits per heavy atom. The van der Waals surface area contributed by atoms with Crippen LogP contribution in [0.3, 0.4) is 0 Å². The second kappa shape index (κ2) is 516. The van der Waals surface area contributed by atoms with Gasteiger partial charge in [0.2, 0.25) is 0 Å². The Hall–Kier alpha value is 1.07. The van der Waals surface area contributed by atoms with Crippen LogP contribution >= 0.6 is 13.5 Å². The molecule has 0 aliphatic heterocycles. The molecule has 0 fully saturated rings. The van der Waals surface area contributed by atoms with Gasteiger partial charge in [-0.3, -0.25) is 0 Å². The zero-order valence-electron chi connectivity index (χ0n) is 4.00. The molecule has 14 N–H and O–H groups in total. The van der Waals surface area contributed by atoms with Gasteiger partial charge in [-0.15, -0.1) is 0 Å². The minimum atomic E-state index is 0. The zero-order valence-corrected chi connectivity index (χ0v) is 5.00. The fourth-order valence-electron chi connectivity index (χ4n) is 0. The zero-order chi connectivity index (χ0) is 0. The Morgan fingerprint density at radius 1 is 0.333 bits per heavy atom. The van der Waals surface area contributed by atoms with Crippen LogP contribution in [-0.2, 0) is 0 Å². The predicted octanol–water partition coefficient (Wildman–Crippen LogP) is -6.31. The maximum absolute atomic E-state index is 0. The van der Waals surface area contributed by atoms with Crippen LogP contribution in [0.4, 0.5) is 0 Å². The van der Waals surface area contributed by atoms with Gasteiger partial charge in [0.05, 0.1) is 0 Å². The first-order chi connectivity index (χ1) is 0. The Balaban J connectivity index is 0. The van der Waals surface area contributed by atoms with Crippen molar-refractivity contribution in [2.75, 3.05) is 0 Å². The van der Waals surface area contributed by atoms with E-state index in [0.717, 1.165) is 0 Å². The van der Waals surface area contributed by atoms with E-state index in [1.807, 2.05) is 0 Å². The number of rotatable bonds is 0. The summed E-state index contributed by atoms with van der Waals surface area (Å²) in [5.74, 6) is 0. The Morgan fingerprint density at radius 2 is 0.333 bits per heavy atom. The molecule has 7 nitrogen and oxygen atoms in total. The Kier molecular flexibility index (Phi) is 41500. The van der Waals surface area contributed by atoms with Crippen LogP contribution in [0.5, 0.6) is 0 Å². The molecular formula is H17NaO7S. The van der Waals surface area contributed by atoms with Crippen molar-refractivity contribution in [3.05, 3.63) is 0 Å². The molecule has 0 rings (SSSR count). The van der Waals surface area contributed by atoms with Gasteiger partial charge < -0.3 is 38.3 Å². The molecule has 0 bridgehead atoms. The number of hydrogen-bond donors (Lipinski definition) is 0. The monoisotopic (exact) mass is 184 g/mol. The van der Waals surface area contributed by atoms with E-state index >= 15 is 0 Å². The Bertz CT molecular complexity index is 8.88. The summed E-state index contributed by atoms with van der Waals surface area (Å²) in [4.78, 5) is 0. The molecule has 0 saturated heterocycles. The van der Waals surface area contributed by atoms with Gasteiger partial charge >= 0.3 is 29.6 Å². The third-order valence-corrected chi connectivity index (χ3v) is 0. The first-order valence-corrected chi connectivity index (χ1v) is 0. The maximum atomic E-state index is 0. The van der Waals surface area contributed by atoms with E-state index in [9.17, 15) is 0 Å². The van der Waals surface area contributed by atoms with E-state index in [0.29, 0.717) is 0 Å². The summed E-state index contributed by atoms with van der Waals surface area (Å²) in [6.45, 7) is 0. The van der Waals surface area contributed by atoms with Crippen LogP contribution in [-0.4, -0.2) is 67.9 Å². The summed E-state index contributed by atoms with van der Waals surface area (Å²) in [5.41, 5.74) is 0. The quantitative estimate of drug-likeness (QED) is 0.320. The van der Waals surface area contributed by atoms with Crippen LogP contribution in [0.15, 0.2) is 0 Å². The van der Waals surface area contributed by atoms with Gasteiger partial charge in [-0.2, -0.15) is 13.5 Å². The van der Waals surface area contributed by atoms with E-state index in [-0.39, 0.29) is 81.4 Å². The molecule has 0 aromatic carbocycles. The fraction of sp³-hybridized carbons (Fsp3) is 0. The first kappa shape index (κ1) is 724. The molecule has 0 saturated carbocycles. The standard InChI is InChI=1S/Na.7H2O.H2S.H/h;8*1H2;. The van der Waals surface area contributed by atoms with Crippen LogP contribution < -0.4 is 0 Å². The predicted molar refractivity (Wildman–Crippen MR) is 42.8 cm³/mol. The van der Waals surface area contributed by atoms with Crippen LogP contribution in [0, 0.1) is 0 Å². The van der Waals surface area contributed by atoms with Crippen LogP contribution in [0.2, 0.25) is 0 Å². The molecule has 0 spiro atoms. The third kappa shape index (κ3) is 396. The van der Waals surface area contributed by atoms with Gasteiger partial charge in [0.1, 0.15) is 0 Å². The molecule has 66 valence electrons. The second-order valence-electron chi connectivity index (χ2n) is 0. The molecule has 9 heteroatoms. The first-order valence-electron chi connectivity index (χ1n) is 0. The van der Waals surface area contributed by atoms with Gasteiger partial charge in [-0.25, -0.2) is 0 Å². The van der Waals surface area contributed by atoms with Gasteiger partial charge in [0, 0.05) is 0 Å².